The van der Waals surface area contributed by atoms with Gasteiger partial charge in [-0.3, -0.25) is 9.59 Å². The van der Waals surface area contributed by atoms with Gasteiger partial charge in [0.05, 0.1) is 26.2 Å². The van der Waals surface area contributed by atoms with Crippen LogP contribution in [0.3, 0.4) is 0 Å². The van der Waals surface area contributed by atoms with Crippen LogP contribution < -0.4 is 0 Å². The number of carbonyl (C=O) groups excluding carboxylic acids is 2. The Morgan fingerprint density at radius 2 is 1.74 bits per heavy atom. The van der Waals surface area contributed by atoms with Crippen LogP contribution in [-0.4, -0.2) is 30.8 Å². The van der Waals surface area contributed by atoms with Crippen LogP contribution in [0, 0.1) is 0 Å². The molecule has 0 aliphatic heterocycles. The van der Waals surface area contributed by atoms with E-state index in [-0.39, 0.29) is 30.9 Å². The summed E-state index contributed by atoms with van der Waals surface area (Å²) in [7, 11) is 1.34. The van der Waals surface area contributed by atoms with E-state index >= 15 is 0 Å². The molecule has 5 nitrogen and oxygen atoms in total. The van der Waals surface area contributed by atoms with Gasteiger partial charge in [0, 0.05) is 6.42 Å². The summed E-state index contributed by atoms with van der Waals surface area (Å²) in [5.74, 6) is -0.650. The normalized spacial score (nSPS) is 12.5. The minimum Gasteiger partial charge on any atom is -0.469 e. The Balaban J connectivity index is 2.51. The topological polar surface area (TPSA) is 61.8 Å². The molecule has 1 rings (SSSR count). The number of benzene rings is 1. The van der Waals surface area contributed by atoms with Crippen molar-refractivity contribution in [1.29, 1.82) is 0 Å². The first-order valence-corrected chi connectivity index (χ1v) is 7.74. The van der Waals surface area contributed by atoms with Crippen LogP contribution in [0.1, 0.15) is 45.6 Å². The van der Waals surface area contributed by atoms with E-state index in [1.165, 1.54) is 7.11 Å². The molecular formula is C18H26O5. The molecule has 23 heavy (non-hydrogen) atoms. The zero-order valence-electron chi connectivity index (χ0n) is 14.3. The van der Waals surface area contributed by atoms with Gasteiger partial charge in [-0.05, 0) is 32.8 Å². The fourth-order valence-electron chi connectivity index (χ4n) is 1.97. The lowest BCUT2D eigenvalue weighted by molar-refractivity contribution is -0.156. The molecule has 1 unspecified atom stereocenters. The smallest absolute Gasteiger partial charge is 0.308 e. The van der Waals surface area contributed by atoms with Crippen molar-refractivity contribution in [3.05, 3.63) is 35.9 Å². The van der Waals surface area contributed by atoms with E-state index < -0.39 is 5.60 Å². The van der Waals surface area contributed by atoms with Crippen LogP contribution in [0.4, 0.5) is 0 Å². The molecule has 0 radical (unpaired) electrons. The van der Waals surface area contributed by atoms with Crippen molar-refractivity contribution in [2.75, 3.05) is 7.11 Å². The average molecular weight is 322 g/mol. The summed E-state index contributed by atoms with van der Waals surface area (Å²) in [5, 5.41) is 0. The van der Waals surface area contributed by atoms with Crippen LogP contribution in [0.5, 0.6) is 0 Å². The molecule has 0 saturated heterocycles. The molecule has 5 heteroatoms. The first kappa shape index (κ1) is 19.2. The number of esters is 2. The van der Waals surface area contributed by atoms with Gasteiger partial charge in [0.2, 0.25) is 0 Å². The van der Waals surface area contributed by atoms with Gasteiger partial charge in [-0.1, -0.05) is 30.3 Å². The van der Waals surface area contributed by atoms with E-state index in [0.717, 1.165) is 5.56 Å². The largest absolute Gasteiger partial charge is 0.469 e. The summed E-state index contributed by atoms with van der Waals surface area (Å²) in [4.78, 5) is 23.3. The molecule has 1 atom stereocenters. The lowest BCUT2D eigenvalue weighted by Gasteiger charge is -2.21. The van der Waals surface area contributed by atoms with E-state index in [0.29, 0.717) is 13.0 Å². The summed E-state index contributed by atoms with van der Waals surface area (Å²) in [6.07, 6.45) is 0.353. The van der Waals surface area contributed by atoms with Crippen LogP contribution >= 0.6 is 0 Å². The fraction of sp³-hybridized carbons (Fsp3) is 0.556. The van der Waals surface area contributed by atoms with Gasteiger partial charge in [0.15, 0.2) is 0 Å². The second-order valence-electron chi connectivity index (χ2n) is 6.32. The quantitative estimate of drug-likeness (QED) is 0.688. The highest BCUT2D eigenvalue weighted by atomic mass is 16.6. The minimum absolute atomic E-state index is 0.117. The molecule has 0 spiro atoms. The molecule has 0 saturated carbocycles. The predicted molar refractivity (Wildman–Crippen MR) is 86.7 cm³/mol. The zero-order chi connectivity index (χ0) is 17.3. The van der Waals surface area contributed by atoms with Gasteiger partial charge in [0.25, 0.3) is 0 Å². The number of carbonyl (C=O) groups is 2. The molecule has 0 heterocycles. The lowest BCUT2D eigenvalue weighted by atomic mass is 10.1. The number of rotatable bonds is 8. The van der Waals surface area contributed by atoms with E-state index in [1.54, 1.807) is 0 Å². The lowest BCUT2D eigenvalue weighted by Crippen LogP contribution is -2.25. The van der Waals surface area contributed by atoms with E-state index in [4.69, 9.17) is 9.47 Å². The Morgan fingerprint density at radius 3 is 2.30 bits per heavy atom. The molecular weight excluding hydrogens is 296 g/mol. The Bertz CT molecular complexity index is 490. The van der Waals surface area contributed by atoms with Crippen molar-refractivity contribution < 1.29 is 23.8 Å². The number of ether oxygens (including phenoxy) is 3. The summed E-state index contributed by atoms with van der Waals surface area (Å²) in [6.45, 7) is 5.85. The maximum Gasteiger partial charge on any atom is 0.308 e. The van der Waals surface area contributed by atoms with E-state index in [9.17, 15) is 9.59 Å². The van der Waals surface area contributed by atoms with Gasteiger partial charge >= 0.3 is 11.9 Å². The second kappa shape index (κ2) is 9.30. The van der Waals surface area contributed by atoms with Crippen LogP contribution in [0.25, 0.3) is 0 Å². The predicted octanol–water partition coefficient (Wildman–Crippen LogP) is 3.26. The maximum atomic E-state index is 11.8. The Hall–Kier alpha value is -1.88. The Kier molecular flexibility index (Phi) is 7.75. The molecule has 128 valence electrons. The third-order valence-electron chi connectivity index (χ3n) is 3.04. The zero-order valence-corrected chi connectivity index (χ0v) is 14.3. The van der Waals surface area contributed by atoms with Gasteiger partial charge < -0.3 is 14.2 Å². The van der Waals surface area contributed by atoms with Crippen molar-refractivity contribution in [1.82, 2.24) is 0 Å². The molecule has 0 aromatic heterocycles. The molecule has 0 aliphatic rings. The summed E-state index contributed by atoms with van der Waals surface area (Å²) >= 11 is 0. The van der Waals surface area contributed by atoms with Crippen molar-refractivity contribution in [2.24, 2.45) is 0 Å². The summed E-state index contributed by atoms with van der Waals surface area (Å²) in [6, 6.07) is 9.67. The highest BCUT2D eigenvalue weighted by Gasteiger charge is 2.20. The number of methoxy groups -OCH3 is 1. The standard InChI is InChI=1S/C18H26O5/c1-18(2,3)23-16(19)11-10-15(12-17(20)21-4)22-13-14-8-6-5-7-9-14/h5-9,15H,10-13H2,1-4H3. The Morgan fingerprint density at radius 1 is 1.09 bits per heavy atom. The number of hydrogen-bond donors (Lipinski definition) is 0. The van der Waals surface area contributed by atoms with Crippen LogP contribution in [0.2, 0.25) is 0 Å². The number of hydrogen-bond acceptors (Lipinski definition) is 5. The van der Waals surface area contributed by atoms with Gasteiger partial charge in [-0.2, -0.15) is 0 Å². The third-order valence-corrected chi connectivity index (χ3v) is 3.04. The van der Waals surface area contributed by atoms with Crippen molar-refractivity contribution >= 4 is 11.9 Å². The third kappa shape index (κ3) is 8.98. The molecule has 0 fully saturated rings. The molecule has 0 bridgehead atoms. The highest BCUT2D eigenvalue weighted by Crippen LogP contribution is 2.15. The van der Waals surface area contributed by atoms with Crippen LogP contribution in [0.15, 0.2) is 30.3 Å². The fourth-order valence-corrected chi connectivity index (χ4v) is 1.97. The monoisotopic (exact) mass is 322 g/mol. The molecule has 0 aliphatic carbocycles. The van der Waals surface area contributed by atoms with Crippen molar-refractivity contribution in [3.8, 4) is 0 Å². The highest BCUT2D eigenvalue weighted by molar-refractivity contribution is 5.71. The van der Waals surface area contributed by atoms with Gasteiger partial charge in [0.1, 0.15) is 5.60 Å². The van der Waals surface area contributed by atoms with Crippen molar-refractivity contribution in [2.45, 2.75) is 58.3 Å². The van der Waals surface area contributed by atoms with Gasteiger partial charge in [-0.25, -0.2) is 0 Å². The minimum atomic E-state index is -0.514. The van der Waals surface area contributed by atoms with Gasteiger partial charge in [-0.15, -0.1) is 0 Å². The first-order chi connectivity index (χ1) is 10.8. The Labute approximate surface area is 137 Å². The molecule has 1 aromatic carbocycles. The SMILES string of the molecule is COC(=O)CC(CCC(=O)OC(C)(C)C)OCc1ccccc1. The molecule has 1 aromatic rings. The average Bonchev–Trinajstić information content (AvgIpc) is 2.49. The molecule has 0 amide bonds. The van der Waals surface area contributed by atoms with E-state index in [2.05, 4.69) is 4.74 Å². The maximum absolute atomic E-state index is 11.8. The summed E-state index contributed by atoms with van der Waals surface area (Å²) < 4.78 is 15.7. The van der Waals surface area contributed by atoms with Crippen LogP contribution in [-0.2, 0) is 30.4 Å². The molecule has 0 N–H and O–H groups in total. The van der Waals surface area contributed by atoms with E-state index in [1.807, 2.05) is 51.1 Å². The van der Waals surface area contributed by atoms with Crippen molar-refractivity contribution in [3.63, 3.8) is 0 Å². The first-order valence-electron chi connectivity index (χ1n) is 7.74. The summed E-state index contributed by atoms with van der Waals surface area (Å²) in [5.41, 5.74) is 0.499. The second-order valence-corrected chi connectivity index (χ2v) is 6.32.